The molecule has 0 atom stereocenters. The van der Waals surface area contributed by atoms with Gasteiger partial charge in [-0.1, -0.05) is 0 Å². The number of hydrogen-bond donors (Lipinski definition) is 2. The van der Waals surface area contributed by atoms with Crippen LogP contribution in [0.2, 0.25) is 0 Å². The number of rotatable bonds is 6. The predicted molar refractivity (Wildman–Crippen MR) is 104 cm³/mol. The van der Waals surface area contributed by atoms with Gasteiger partial charge >= 0.3 is 0 Å². The van der Waals surface area contributed by atoms with Crippen LogP contribution in [0.15, 0.2) is 24.4 Å². The molecule has 0 fully saturated rings. The SMILES string of the molecule is COc1cc(CN(C)c2cnc3nc(N)nc(N)c3c2)cc(OC)c1OC. The van der Waals surface area contributed by atoms with Crippen LogP contribution >= 0.6 is 0 Å². The minimum Gasteiger partial charge on any atom is -0.493 e. The first kappa shape index (κ1) is 18.3. The van der Waals surface area contributed by atoms with E-state index in [9.17, 15) is 0 Å². The van der Waals surface area contributed by atoms with Crippen molar-refractivity contribution in [3.8, 4) is 17.2 Å². The Morgan fingerprint density at radius 1 is 0.963 bits per heavy atom. The Labute approximate surface area is 156 Å². The first-order valence-electron chi connectivity index (χ1n) is 8.15. The number of nitrogens with two attached hydrogens (primary N) is 2. The van der Waals surface area contributed by atoms with Gasteiger partial charge in [-0.05, 0) is 23.8 Å². The van der Waals surface area contributed by atoms with E-state index in [4.69, 9.17) is 25.7 Å². The Morgan fingerprint density at radius 2 is 1.63 bits per heavy atom. The highest BCUT2D eigenvalue weighted by Gasteiger charge is 2.15. The number of nitrogen functional groups attached to an aromatic ring is 2. The zero-order chi connectivity index (χ0) is 19.6. The van der Waals surface area contributed by atoms with Gasteiger partial charge in [-0.2, -0.15) is 9.97 Å². The van der Waals surface area contributed by atoms with E-state index in [1.165, 1.54) is 0 Å². The summed E-state index contributed by atoms with van der Waals surface area (Å²) in [4.78, 5) is 14.4. The highest BCUT2D eigenvalue weighted by atomic mass is 16.5. The molecule has 0 amide bonds. The Hall–Kier alpha value is -3.49. The third-order valence-corrected chi connectivity index (χ3v) is 4.17. The largest absolute Gasteiger partial charge is 0.493 e. The molecule has 1 aromatic carbocycles. The fourth-order valence-corrected chi connectivity index (χ4v) is 2.84. The number of pyridine rings is 1. The molecule has 4 N–H and O–H groups in total. The average molecular weight is 370 g/mol. The van der Waals surface area contributed by atoms with Crippen molar-refractivity contribution in [1.29, 1.82) is 0 Å². The number of fused-ring (bicyclic) bond motifs is 1. The van der Waals surface area contributed by atoms with Gasteiger partial charge in [0.15, 0.2) is 17.1 Å². The van der Waals surface area contributed by atoms with Crippen molar-refractivity contribution in [2.24, 2.45) is 0 Å². The van der Waals surface area contributed by atoms with Gasteiger partial charge in [-0.25, -0.2) is 4.98 Å². The Bertz CT molecular complexity index is 954. The lowest BCUT2D eigenvalue weighted by Crippen LogP contribution is -2.17. The summed E-state index contributed by atoms with van der Waals surface area (Å²) >= 11 is 0. The van der Waals surface area contributed by atoms with Gasteiger partial charge in [-0.15, -0.1) is 0 Å². The van der Waals surface area contributed by atoms with Crippen LogP contribution in [0.4, 0.5) is 17.5 Å². The molecule has 2 aromatic heterocycles. The number of methoxy groups -OCH3 is 3. The summed E-state index contributed by atoms with van der Waals surface area (Å²) in [6.07, 6.45) is 1.71. The predicted octanol–water partition coefficient (Wildman–Crippen LogP) is 1.85. The number of nitrogens with zero attached hydrogens (tertiary/aromatic N) is 4. The Morgan fingerprint density at radius 3 is 2.22 bits per heavy atom. The maximum atomic E-state index is 5.95. The topological polar surface area (TPSA) is 122 Å². The lowest BCUT2D eigenvalue weighted by molar-refractivity contribution is 0.324. The molecule has 9 nitrogen and oxygen atoms in total. The van der Waals surface area contributed by atoms with Crippen LogP contribution in [-0.2, 0) is 6.54 Å². The molecule has 0 aliphatic rings. The van der Waals surface area contributed by atoms with Crippen molar-refractivity contribution in [2.75, 3.05) is 44.7 Å². The Balaban J connectivity index is 1.93. The molecule has 0 bridgehead atoms. The average Bonchev–Trinajstić information content (AvgIpc) is 2.66. The monoisotopic (exact) mass is 370 g/mol. The van der Waals surface area contributed by atoms with Gasteiger partial charge in [0.25, 0.3) is 0 Å². The number of hydrogen-bond acceptors (Lipinski definition) is 9. The molecule has 0 saturated carbocycles. The van der Waals surface area contributed by atoms with E-state index >= 15 is 0 Å². The van der Waals surface area contributed by atoms with E-state index in [1.54, 1.807) is 27.5 Å². The molecular weight excluding hydrogens is 348 g/mol. The number of ether oxygens (including phenoxy) is 3. The smallest absolute Gasteiger partial charge is 0.224 e. The molecule has 3 rings (SSSR count). The van der Waals surface area contributed by atoms with E-state index < -0.39 is 0 Å². The zero-order valence-electron chi connectivity index (χ0n) is 15.7. The van der Waals surface area contributed by atoms with Crippen molar-refractivity contribution in [2.45, 2.75) is 6.54 Å². The second kappa shape index (κ2) is 7.40. The summed E-state index contributed by atoms with van der Waals surface area (Å²) in [5, 5.41) is 0.651. The second-order valence-electron chi connectivity index (χ2n) is 5.92. The fraction of sp³-hybridized carbons (Fsp3) is 0.278. The summed E-state index contributed by atoms with van der Waals surface area (Å²) in [6.45, 7) is 0.583. The number of anilines is 3. The van der Waals surface area contributed by atoms with Crippen LogP contribution in [0.3, 0.4) is 0 Å². The molecule has 0 aliphatic carbocycles. The van der Waals surface area contributed by atoms with E-state index in [1.807, 2.05) is 30.1 Å². The first-order chi connectivity index (χ1) is 13.0. The maximum Gasteiger partial charge on any atom is 0.224 e. The van der Waals surface area contributed by atoms with Crippen LogP contribution in [-0.4, -0.2) is 43.3 Å². The van der Waals surface area contributed by atoms with Crippen molar-refractivity contribution in [3.63, 3.8) is 0 Å². The standard InChI is InChI=1S/C18H22N6O3/c1-24(9-10-5-13(25-2)15(27-4)14(6-10)26-3)11-7-12-16(19)22-18(20)23-17(12)21-8-11/h5-8H,9H2,1-4H3,(H4,19,20,21,22,23). The van der Waals surface area contributed by atoms with E-state index in [-0.39, 0.29) is 5.95 Å². The molecule has 0 radical (unpaired) electrons. The second-order valence-corrected chi connectivity index (χ2v) is 5.92. The van der Waals surface area contributed by atoms with Crippen LogP contribution < -0.4 is 30.6 Å². The van der Waals surface area contributed by atoms with E-state index in [0.29, 0.717) is 40.6 Å². The molecule has 0 spiro atoms. The zero-order valence-corrected chi connectivity index (χ0v) is 15.7. The molecule has 0 saturated heterocycles. The molecule has 0 unspecified atom stereocenters. The van der Waals surface area contributed by atoms with Gasteiger partial charge in [0.1, 0.15) is 5.82 Å². The van der Waals surface area contributed by atoms with Crippen molar-refractivity contribution >= 4 is 28.5 Å². The Kier molecular flexibility index (Phi) is 5.02. The molecule has 2 heterocycles. The van der Waals surface area contributed by atoms with Crippen molar-refractivity contribution in [1.82, 2.24) is 15.0 Å². The molecule has 9 heteroatoms. The maximum absolute atomic E-state index is 5.95. The lowest BCUT2D eigenvalue weighted by Gasteiger charge is -2.21. The summed E-state index contributed by atoms with van der Waals surface area (Å²) < 4.78 is 16.2. The number of benzene rings is 1. The fourth-order valence-electron chi connectivity index (χ4n) is 2.84. The van der Waals surface area contributed by atoms with Crippen LogP contribution in [0.1, 0.15) is 5.56 Å². The minimum atomic E-state index is 0.103. The first-order valence-corrected chi connectivity index (χ1v) is 8.15. The molecule has 142 valence electrons. The summed E-state index contributed by atoms with van der Waals surface area (Å²) in [5.41, 5.74) is 13.9. The van der Waals surface area contributed by atoms with Crippen LogP contribution in [0, 0.1) is 0 Å². The van der Waals surface area contributed by atoms with Crippen LogP contribution in [0.5, 0.6) is 17.2 Å². The normalized spacial score (nSPS) is 10.7. The summed E-state index contributed by atoms with van der Waals surface area (Å²) in [7, 11) is 6.70. The van der Waals surface area contributed by atoms with Crippen molar-refractivity contribution in [3.05, 3.63) is 30.0 Å². The van der Waals surface area contributed by atoms with Crippen LogP contribution in [0.25, 0.3) is 11.0 Å². The quantitative estimate of drug-likeness (QED) is 0.669. The highest BCUT2D eigenvalue weighted by molar-refractivity contribution is 5.88. The number of aromatic nitrogens is 3. The van der Waals surface area contributed by atoms with Crippen molar-refractivity contribution < 1.29 is 14.2 Å². The molecule has 27 heavy (non-hydrogen) atoms. The van der Waals surface area contributed by atoms with E-state index in [0.717, 1.165) is 11.3 Å². The third-order valence-electron chi connectivity index (χ3n) is 4.17. The van der Waals surface area contributed by atoms with E-state index in [2.05, 4.69) is 15.0 Å². The highest BCUT2D eigenvalue weighted by Crippen LogP contribution is 2.38. The molecule has 0 aliphatic heterocycles. The van der Waals surface area contributed by atoms with Gasteiger partial charge in [0.2, 0.25) is 11.7 Å². The molecular formula is C18H22N6O3. The lowest BCUT2D eigenvalue weighted by atomic mass is 10.1. The van der Waals surface area contributed by atoms with Gasteiger partial charge in [-0.3, -0.25) is 0 Å². The summed E-state index contributed by atoms with van der Waals surface area (Å²) in [5.74, 6) is 2.16. The van der Waals surface area contributed by atoms with Gasteiger partial charge in [0, 0.05) is 13.6 Å². The minimum absolute atomic E-state index is 0.103. The molecule has 3 aromatic rings. The van der Waals surface area contributed by atoms with Gasteiger partial charge in [0.05, 0.1) is 38.6 Å². The summed E-state index contributed by atoms with van der Waals surface area (Å²) in [6, 6.07) is 5.70. The van der Waals surface area contributed by atoms with Gasteiger partial charge < -0.3 is 30.6 Å². The third kappa shape index (κ3) is 3.57.